The summed E-state index contributed by atoms with van der Waals surface area (Å²) in [5.74, 6) is -0.255. The molecular formula is C12H13ClN2O2S. The van der Waals surface area contributed by atoms with Gasteiger partial charge in [0.1, 0.15) is 0 Å². The van der Waals surface area contributed by atoms with Gasteiger partial charge in [0.2, 0.25) is 0 Å². The molecule has 1 heterocycles. The van der Waals surface area contributed by atoms with Gasteiger partial charge in [-0.2, -0.15) is 0 Å². The Morgan fingerprint density at radius 3 is 2.50 bits per heavy atom. The van der Waals surface area contributed by atoms with E-state index >= 15 is 0 Å². The summed E-state index contributed by atoms with van der Waals surface area (Å²) in [5, 5.41) is -0.248. The minimum Gasteiger partial charge on any atom is -0.329 e. The molecule has 1 saturated heterocycles. The summed E-state index contributed by atoms with van der Waals surface area (Å²) in [4.78, 5) is 25.1. The molecule has 0 spiro atoms. The predicted octanol–water partition coefficient (Wildman–Crippen LogP) is 2.10. The summed E-state index contributed by atoms with van der Waals surface area (Å²) in [5.41, 5.74) is 6.26. The molecule has 0 aliphatic carbocycles. The van der Waals surface area contributed by atoms with Gasteiger partial charge >= 0.3 is 0 Å². The van der Waals surface area contributed by atoms with E-state index in [9.17, 15) is 9.59 Å². The highest BCUT2D eigenvalue weighted by molar-refractivity contribution is 8.18. The Hall–Kier alpha value is -1.30. The molecule has 2 N–H and O–H groups in total. The van der Waals surface area contributed by atoms with Gasteiger partial charge in [-0.05, 0) is 23.4 Å². The summed E-state index contributed by atoms with van der Waals surface area (Å²) in [6, 6.07) is 9.44. The first kappa shape index (κ1) is 14.8. The highest BCUT2D eigenvalue weighted by Crippen LogP contribution is 2.31. The minimum absolute atomic E-state index is 0. The van der Waals surface area contributed by atoms with E-state index in [2.05, 4.69) is 0 Å². The lowest BCUT2D eigenvalue weighted by molar-refractivity contribution is -0.122. The van der Waals surface area contributed by atoms with Crippen molar-refractivity contribution in [3.8, 4) is 0 Å². The fourth-order valence-electron chi connectivity index (χ4n) is 1.52. The lowest BCUT2D eigenvalue weighted by Crippen LogP contribution is -2.33. The molecular weight excluding hydrogens is 272 g/mol. The zero-order valence-corrected chi connectivity index (χ0v) is 11.2. The summed E-state index contributed by atoms with van der Waals surface area (Å²) in [6.07, 6.45) is 1.72. The van der Waals surface area contributed by atoms with Crippen LogP contribution in [0.1, 0.15) is 5.56 Å². The Labute approximate surface area is 116 Å². The summed E-state index contributed by atoms with van der Waals surface area (Å²) < 4.78 is 0. The normalized spacial score (nSPS) is 17.2. The number of hydrogen-bond acceptors (Lipinski definition) is 4. The molecule has 1 fully saturated rings. The first-order valence-corrected chi connectivity index (χ1v) is 6.04. The van der Waals surface area contributed by atoms with Crippen LogP contribution in [0.5, 0.6) is 0 Å². The van der Waals surface area contributed by atoms with Crippen molar-refractivity contribution in [1.29, 1.82) is 0 Å². The molecule has 0 aromatic heterocycles. The van der Waals surface area contributed by atoms with Crippen LogP contribution in [0.15, 0.2) is 35.2 Å². The number of halogens is 1. The highest BCUT2D eigenvalue weighted by atomic mass is 35.5. The molecule has 1 aliphatic rings. The second-order valence-corrected chi connectivity index (χ2v) is 4.53. The number of imide groups is 1. The number of nitrogens with two attached hydrogens (primary N) is 1. The molecule has 96 valence electrons. The molecule has 1 aromatic carbocycles. The van der Waals surface area contributed by atoms with Crippen LogP contribution in [0.2, 0.25) is 0 Å². The number of carbonyl (C=O) groups excluding carboxylic acids is 2. The smallest absolute Gasteiger partial charge is 0.293 e. The van der Waals surface area contributed by atoms with Crippen LogP contribution in [-0.2, 0) is 4.79 Å². The van der Waals surface area contributed by atoms with E-state index in [-0.39, 0.29) is 36.6 Å². The Kier molecular flexibility index (Phi) is 5.40. The van der Waals surface area contributed by atoms with Crippen LogP contribution in [-0.4, -0.2) is 29.1 Å². The number of nitrogens with zero attached hydrogens (tertiary/aromatic N) is 1. The zero-order chi connectivity index (χ0) is 12.3. The highest BCUT2D eigenvalue weighted by Gasteiger charge is 2.34. The maximum Gasteiger partial charge on any atom is 0.293 e. The SMILES string of the molecule is Cl.NCCN1C(=O)SC(=Cc2ccccc2)C1=O. The monoisotopic (exact) mass is 284 g/mol. The number of thioether (sulfide) groups is 1. The standard InChI is InChI=1S/C12H12N2O2S.ClH/c13-6-7-14-11(15)10(17-12(14)16)8-9-4-2-1-3-5-9;/h1-5,8H,6-7,13H2;1H. The molecule has 1 aromatic rings. The van der Waals surface area contributed by atoms with Gasteiger partial charge in [-0.3, -0.25) is 14.5 Å². The van der Waals surface area contributed by atoms with Gasteiger partial charge in [-0.25, -0.2) is 0 Å². The molecule has 4 nitrogen and oxygen atoms in total. The van der Waals surface area contributed by atoms with Crippen LogP contribution in [0.25, 0.3) is 6.08 Å². The van der Waals surface area contributed by atoms with Gasteiger partial charge in [-0.15, -0.1) is 12.4 Å². The van der Waals surface area contributed by atoms with E-state index in [1.807, 2.05) is 30.3 Å². The lowest BCUT2D eigenvalue weighted by Gasteiger charge is -2.09. The van der Waals surface area contributed by atoms with Crippen molar-refractivity contribution in [3.63, 3.8) is 0 Å². The molecule has 6 heteroatoms. The molecule has 2 amide bonds. The van der Waals surface area contributed by atoms with Crippen molar-refractivity contribution < 1.29 is 9.59 Å². The van der Waals surface area contributed by atoms with Crippen molar-refractivity contribution in [2.75, 3.05) is 13.1 Å². The third-order valence-corrected chi connectivity index (χ3v) is 3.23. The van der Waals surface area contributed by atoms with E-state index < -0.39 is 0 Å². The first-order chi connectivity index (χ1) is 8.22. The average molecular weight is 285 g/mol. The molecule has 0 unspecified atom stereocenters. The van der Waals surface area contributed by atoms with Crippen molar-refractivity contribution in [3.05, 3.63) is 40.8 Å². The van der Waals surface area contributed by atoms with Gasteiger partial charge in [0.25, 0.3) is 11.1 Å². The molecule has 0 saturated carbocycles. The predicted molar refractivity (Wildman–Crippen MR) is 75.4 cm³/mol. The maximum atomic E-state index is 11.9. The third kappa shape index (κ3) is 3.13. The van der Waals surface area contributed by atoms with Crippen LogP contribution in [0.3, 0.4) is 0 Å². The van der Waals surface area contributed by atoms with Crippen molar-refractivity contribution >= 4 is 41.4 Å². The third-order valence-electron chi connectivity index (χ3n) is 2.32. The summed E-state index contributed by atoms with van der Waals surface area (Å²) in [7, 11) is 0. The molecule has 0 atom stereocenters. The van der Waals surface area contributed by atoms with Crippen molar-refractivity contribution in [1.82, 2.24) is 4.90 Å². The molecule has 2 rings (SSSR count). The largest absolute Gasteiger partial charge is 0.329 e. The minimum atomic E-state index is -0.255. The lowest BCUT2D eigenvalue weighted by atomic mass is 10.2. The van der Waals surface area contributed by atoms with Crippen LogP contribution >= 0.6 is 24.2 Å². The number of carbonyl (C=O) groups is 2. The van der Waals surface area contributed by atoms with Crippen LogP contribution in [0, 0.1) is 0 Å². The van der Waals surface area contributed by atoms with E-state index in [1.165, 1.54) is 4.90 Å². The van der Waals surface area contributed by atoms with Crippen molar-refractivity contribution in [2.45, 2.75) is 0 Å². The van der Waals surface area contributed by atoms with E-state index in [0.717, 1.165) is 17.3 Å². The Morgan fingerprint density at radius 1 is 1.22 bits per heavy atom. The Bertz CT molecular complexity index is 476. The molecule has 18 heavy (non-hydrogen) atoms. The number of amides is 2. The van der Waals surface area contributed by atoms with Crippen LogP contribution in [0.4, 0.5) is 4.79 Å². The topological polar surface area (TPSA) is 63.4 Å². The number of benzene rings is 1. The zero-order valence-electron chi connectivity index (χ0n) is 9.54. The summed E-state index contributed by atoms with van der Waals surface area (Å²) in [6.45, 7) is 0.563. The van der Waals surface area contributed by atoms with Gasteiger partial charge in [0, 0.05) is 13.1 Å². The fourth-order valence-corrected chi connectivity index (χ4v) is 2.39. The number of hydrogen-bond donors (Lipinski definition) is 1. The van der Waals surface area contributed by atoms with E-state index in [1.54, 1.807) is 6.08 Å². The van der Waals surface area contributed by atoms with Gasteiger partial charge < -0.3 is 5.73 Å². The maximum absolute atomic E-state index is 11.9. The quantitative estimate of drug-likeness (QED) is 0.864. The number of rotatable bonds is 3. The second-order valence-electron chi connectivity index (χ2n) is 3.53. The van der Waals surface area contributed by atoms with E-state index in [0.29, 0.717) is 4.91 Å². The summed E-state index contributed by atoms with van der Waals surface area (Å²) >= 11 is 0.960. The van der Waals surface area contributed by atoms with Crippen LogP contribution < -0.4 is 5.73 Å². The second kappa shape index (κ2) is 6.58. The Balaban J connectivity index is 0.00000162. The molecule has 0 radical (unpaired) electrons. The van der Waals surface area contributed by atoms with Crippen molar-refractivity contribution in [2.24, 2.45) is 5.73 Å². The van der Waals surface area contributed by atoms with Gasteiger partial charge in [0.05, 0.1) is 4.91 Å². The first-order valence-electron chi connectivity index (χ1n) is 5.23. The van der Waals surface area contributed by atoms with Gasteiger partial charge in [0.15, 0.2) is 0 Å². The average Bonchev–Trinajstić information content (AvgIpc) is 2.59. The Morgan fingerprint density at radius 2 is 1.89 bits per heavy atom. The van der Waals surface area contributed by atoms with E-state index in [4.69, 9.17) is 5.73 Å². The molecule has 0 bridgehead atoms. The fraction of sp³-hybridized carbons (Fsp3) is 0.167. The van der Waals surface area contributed by atoms with Gasteiger partial charge in [-0.1, -0.05) is 30.3 Å². The molecule has 1 aliphatic heterocycles.